The molecule has 0 aliphatic rings. The number of amides is 2. The highest BCUT2D eigenvalue weighted by molar-refractivity contribution is 6.42. The first-order chi connectivity index (χ1) is 16.4. The number of hydrogen-bond acceptors (Lipinski definition) is 6. The zero-order chi connectivity index (χ0) is 24.5. The van der Waals surface area contributed by atoms with Gasteiger partial charge in [0.25, 0.3) is 0 Å². The van der Waals surface area contributed by atoms with Crippen molar-refractivity contribution in [2.24, 2.45) is 5.10 Å². The number of benzene rings is 3. The SMILES string of the molecule is CCOc1ccc(C(=O)Oc2ccc(/C=N\NC(=O)C(=O)Nc3cc(Cl)ccc3Cl)cc2)cc1. The Morgan fingerprint density at radius 3 is 2.26 bits per heavy atom. The van der Waals surface area contributed by atoms with Gasteiger partial charge in [-0.05, 0) is 79.2 Å². The van der Waals surface area contributed by atoms with Crippen LogP contribution in [-0.2, 0) is 9.59 Å². The van der Waals surface area contributed by atoms with E-state index in [-0.39, 0.29) is 10.7 Å². The van der Waals surface area contributed by atoms with E-state index in [0.29, 0.717) is 34.3 Å². The first-order valence-corrected chi connectivity index (χ1v) is 10.8. The van der Waals surface area contributed by atoms with E-state index in [4.69, 9.17) is 32.7 Å². The van der Waals surface area contributed by atoms with E-state index in [2.05, 4.69) is 15.8 Å². The van der Waals surface area contributed by atoms with E-state index >= 15 is 0 Å². The van der Waals surface area contributed by atoms with Crippen molar-refractivity contribution >= 4 is 52.9 Å². The second kappa shape index (κ2) is 11.8. The van der Waals surface area contributed by atoms with Crippen LogP contribution in [0, 0.1) is 0 Å². The zero-order valence-electron chi connectivity index (χ0n) is 17.9. The van der Waals surface area contributed by atoms with Crippen molar-refractivity contribution in [3.05, 3.63) is 87.9 Å². The monoisotopic (exact) mass is 499 g/mol. The average Bonchev–Trinajstić information content (AvgIpc) is 2.83. The smallest absolute Gasteiger partial charge is 0.343 e. The second-order valence-electron chi connectivity index (χ2n) is 6.69. The van der Waals surface area contributed by atoms with Crippen LogP contribution in [0.5, 0.6) is 11.5 Å². The van der Waals surface area contributed by atoms with Crippen molar-refractivity contribution in [3.63, 3.8) is 0 Å². The minimum absolute atomic E-state index is 0.202. The third-order valence-corrected chi connectivity index (χ3v) is 4.82. The summed E-state index contributed by atoms with van der Waals surface area (Å²) in [5.74, 6) is -1.47. The summed E-state index contributed by atoms with van der Waals surface area (Å²) in [4.78, 5) is 36.2. The Balaban J connectivity index is 1.51. The minimum atomic E-state index is -0.992. The Labute approximate surface area is 205 Å². The molecule has 0 aromatic heterocycles. The standard InChI is InChI=1S/C24H19Cl2N3O5/c1-2-33-18-10-5-16(6-11-18)24(32)34-19-8-3-15(4-9-19)14-27-29-23(31)22(30)28-21-13-17(25)7-12-20(21)26/h3-14H,2H2,1H3,(H,28,30)(H,29,31)/b27-14-. The second-order valence-corrected chi connectivity index (χ2v) is 7.54. The molecule has 0 radical (unpaired) electrons. The topological polar surface area (TPSA) is 106 Å². The maximum absolute atomic E-state index is 12.3. The molecule has 0 atom stereocenters. The van der Waals surface area contributed by atoms with Crippen LogP contribution < -0.4 is 20.2 Å². The number of ether oxygens (including phenoxy) is 2. The molecular formula is C24H19Cl2N3O5. The van der Waals surface area contributed by atoms with Crippen molar-refractivity contribution in [1.29, 1.82) is 0 Å². The fraction of sp³-hybridized carbons (Fsp3) is 0.0833. The highest BCUT2D eigenvalue weighted by Gasteiger charge is 2.15. The van der Waals surface area contributed by atoms with E-state index < -0.39 is 17.8 Å². The molecule has 2 N–H and O–H groups in total. The van der Waals surface area contributed by atoms with E-state index in [1.807, 2.05) is 6.92 Å². The lowest BCUT2D eigenvalue weighted by Crippen LogP contribution is -2.32. The molecule has 3 rings (SSSR count). The third-order valence-electron chi connectivity index (χ3n) is 4.25. The molecule has 0 spiro atoms. The highest BCUT2D eigenvalue weighted by Crippen LogP contribution is 2.25. The minimum Gasteiger partial charge on any atom is -0.494 e. The third kappa shape index (κ3) is 7.06. The van der Waals surface area contributed by atoms with Crippen molar-refractivity contribution in [1.82, 2.24) is 5.43 Å². The van der Waals surface area contributed by atoms with Crippen LogP contribution in [0.25, 0.3) is 0 Å². The van der Waals surface area contributed by atoms with Crippen LogP contribution in [0.3, 0.4) is 0 Å². The molecule has 0 saturated heterocycles. The number of carbonyl (C=O) groups is 3. The number of carbonyl (C=O) groups excluding carboxylic acids is 3. The predicted molar refractivity (Wildman–Crippen MR) is 130 cm³/mol. The van der Waals surface area contributed by atoms with Crippen molar-refractivity contribution in [2.75, 3.05) is 11.9 Å². The Morgan fingerprint density at radius 1 is 0.912 bits per heavy atom. The number of halogens is 2. The van der Waals surface area contributed by atoms with Gasteiger partial charge in [0.2, 0.25) is 0 Å². The summed E-state index contributed by atoms with van der Waals surface area (Å²) >= 11 is 11.8. The Hall–Kier alpha value is -3.88. The van der Waals surface area contributed by atoms with Crippen LogP contribution in [0.1, 0.15) is 22.8 Å². The van der Waals surface area contributed by atoms with Crippen LogP contribution in [0.4, 0.5) is 5.69 Å². The van der Waals surface area contributed by atoms with Gasteiger partial charge >= 0.3 is 17.8 Å². The lowest BCUT2D eigenvalue weighted by molar-refractivity contribution is -0.136. The van der Waals surface area contributed by atoms with Gasteiger partial charge in [-0.2, -0.15) is 5.10 Å². The quantitative estimate of drug-likeness (QED) is 0.161. The summed E-state index contributed by atoms with van der Waals surface area (Å²) < 4.78 is 10.7. The molecule has 174 valence electrons. The molecule has 0 fully saturated rings. The maximum Gasteiger partial charge on any atom is 0.343 e. The molecular weight excluding hydrogens is 481 g/mol. The zero-order valence-corrected chi connectivity index (χ0v) is 19.4. The van der Waals surface area contributed by atoms with Gasteiger partial charge < -0.3 is 14.8 Å². The summed E-state index contributed by atoms with van der Waals surface area (Å²) in [6.45, 7) is 2.41. The maximum atomic E-state index is 12.3. The van der Waals surface area contributed by atoms with Gasteiger partial charge in [0, 0.05) is 5.02 Å². The van der Waals surface area contributed by atoms with E-state index in [0.717, 1.165) is 0 Å². The lowest BCUT2D eigenvalue weighted by atomic mass is 10.2. The van der Waals surface area contributed by atoms with E-state index in [1.165, 1.54) is 18.3 Å². The summed E-state index contributed by atoms with van der Waals surface area (Å²) in [5, 5.41) is 6.68. The molecule has 0 bridgehead atoms. The van der Waals surface area contributed by atoms with Crippen LogP contribution in [0.2, 0.25) is 10.0 Å². The number of nitrogens with zero attached hydrogens (tertiary/aromatic N) is 1. The van der Waals surface area contributed by atoms with Gasteiger partial charge in [0.15, 0.2) is 0 Å². The van der Waals surface area contributed by atoms with Crippen molar-refractivity contribution < 1.29 is 23.9 Å². The van der Waals surface area contributed by atoms with E-state index in [1.54, 1.807) is 54.6 Å². The number of rotatable bonds is 7. The number of anilines is 1. The van der Waals surface area contributed by atoms with Gasteiger partial charge in [0.05, 0.1) is 29.1 Å². The first-order valence-electron chi connectivity index (χ1n) is 10.00. The normalized spacial score (nSPS) is 10.6. The van der Waals surface area contributed by atoms with Crippen molar-refractivity contribution in [2.45, 2.75) is 6.92 Å². The van der Waals surface area contributed by atoms with Crippen molar-refractivity contribution in [3.8, 4) is 11.5 Å². The van der Waals surface area contributed by atoms with Gasteiger partial charge in [-0.15, -0.1) is 0 Å². The Bertz CT molecular complexity index is 1210. The number of hydrogen-bond donors (Lipinski definition) is 2. The summed E-state index contributed by atoms with van der Waals surface area (Å²) in [7, 11) is 0. The van der Waals surface area contributed by atoms with Gasteiger partial charge in [-0.25, -0.2) is 10.2 Å². The molecule has 0 unspecified atom stereocenters. The predicted octanol–water partition coefficient (Wildman–Crippen LogP) is 4.70. The highest BCUT2D eigenvalue weighted by atomic mass is 35.5. The number of nitrogens with one attached hydrogen (secondary N) is 2. The first kappa shape index (κ1) is 24.8. The number of hydrazone groups is 1. The molecule has 8 nitrogen and oxygen atoms in total. The molecule has 0 heterocycles. The molecule has 34 heavy (non-hydrogen) atoms. The van der Waals surface area contributed by atoms with E-state index in [9.17, 15) is 14.4 Å². The largest absolute Gasteiger partial charge is 0.494 e. The molecule has 0 saturated carbocycles. The summed E-state index contributed by atoms with van der Waals surface area (Å²) in [5.41, 5.74) is 3.30. The molecule has 0 aliphatic heterocycles. The Morgan fingerprint density at radius 2 is 1.59 bits per heavy atom. The van der Waals surface area contributed by atoms with Gasteiger partial charge in [-0.1, -0.05) is 23.2 Å². The molecule has 3 aromatic carbocycles. The average molecular weight is 500 g/mol. The fourth-order valence-corrected chi connectivity index (χ4v) is 2.97. The van der Waals surface area contributed by atoms with Gasteiger partial charge in [0.1, 0.15) is 11.5 Å². The van der Waals surface area contributed by atoms with Crippen LogP contribution in [-0.4, -0.2) is 30.6 Å². The summed E-state index contributed by atoms with van der Waals surface area (Å²) in [6, 6.07) is 17.5. The summed E-state index contributed by atoms with van der Waals surface area (Å²) in [6.07, 6.45) is 1.33. The van der Waals surface area contributed by atoms with Gasteiger partial charge in [-0.3, -0.25) is 9.59 Å². The van der Waals surface area contributed by atoms with Crippen LogP contribution >= 0.6 is 23.2 Å². The molecule has 0 aliphatic carbocycles. The fourth-order valence-electron chi connectivity index (χ4n) is 2.63. The molecule has 10 heteroatoms. The molecule has 2 amide bonds. The van der Waals surface area contributed by atoms with Crippen LogP contribution in [0.15, 0.2) is 71.8 Å². The lowest BCUT2D eigenvalue weighted by Gasteiger charge is -2.07. The molecule has 3 aromatic rings. The number of esters is 1. The Kier molecular flexibility index (Phi) is 8.61.